The lowest BCUT2D eigenvalue weighted by molar-refractivity contribution is -0.385. The molecule has 1 atom stereocenters. The summed E-state index contributed by atoms with van der Waals surface area (Å²) in [6.07, 6.45) is 1.87. The zero-order chi connectivity index (χ0) is 19.4. The average molecular weight is 367 g/mol. The fourth-order valence-electron chi connectivity index (χ4n) is 3.35. The number of nitro benzene ring substituents is 1. The highest BCUT2D eigenvalue weighted by molar-refractivity contribution is 6.01. The van der Waals surface area contributed by atoms with Crippen LogP contribution in [0, 0.1) is 17.0 Å². The Hall–Kier alpha value is -3.22. The monoisotopic (exact) mass is 367 g/mol. The van der Waals surface area contributed by atoms with Crippen LogP contribution in [0.3, 0.4) is 0 Å². The van der Waals surface area contributed by atoms with Crippen LogP contribution in [0.1, 0.15) is 40.4 Å². The van der Waals surface area contributed by atoms with Crippen molar-refractivity contribution in [3.8, 4) is 0 Å². The first-order chi connectivity index (χ1) is 13.0. The second-order valence-electron chi connectivity index (χ2n) is 6.58. The van der Waals surface area contributed by atoms with Crippen LogP contribution in [-0.2, 0) is 4.79 Å². The van der Waals surface area contributed by atoms with Crippen LogP contribution < -0.4 is 5.32 Å². The van der Waals surface area contributed by atoms with E-state index in [2.05, 4.69) is 5.32 Å². The van der Waals surface area contributed by atoms with Crippen molar-refractivity contribution >= 4 is 17.5 Å². The smallest absolute Gasteiger partial charge is 0.285 e. The van der Waals surface area contributed by atoms with E-state index in [1.807, 2.05) is 6.07 Å². The van der Waals surface area contributed by atoms with Gasteiger partial charge in [-0.25, -0.2) is 0 Å². The van der Waals surface area contributed by atoms with E-state index in [9.17, 15) is 19.7 Å². The van der Waals surface area contributed by atoms with Gasteiger partial charge in [0.25, 0.3) is 11.6 Å². The SMILES string of the molecule is Cc1cccc(C(=O)N[C@@H](C(=O)N2CCCC2)c2ccccc2)c1[N+](=O)[O-]. The molecule has 1 heterocycles. The molecule has 27 heavy (non-hydrogen) atoms. The van der Waals surface area contributed by atoms with Crippen LogP contribution in [0.15, 0.2) is 48.5 Å². The third-order valence-electron chi connectivity index (χ3n) is 4.74. The Balaban J connectivity index is 1.93. The Morgan fingerprint density at radius 1 is 1.07 bits per heavy atom. The number of nitro groups is 1. The Kier molecular flexibility index (Phi) is 5.49. The molecule has 0 aromatic heterocycles. The van der Waals surface area contributed by atoms with Gasteiger partial charge in [0.1, 0.15) is 11.6 Å². The summed E-state index contributed by atoms with van der Waals surface area (Å²) in [4.78, 5) is 38.4. The third kappa shape index (κ3) is 3.97. The largest absolute Gasteiger partial charge is 0.341 e. The fourth-order valence-corrected chi connectivity index (χ4v) is 3.35. The van der Waals surface area contributed by atoms with E-state index in [1.54, 1.807) is 48.2 Å². The molecule has 0 bridgehead atoms. The molecule has 0 aliphatic carbocycles. The maximum atomic E-state index is 13.0. The van der Waals surface area contributed by atoms with Crippen molar-refractivity contribution in [2.45, 2.75) is 25.8 Å². The number of rotatable bonds is 5. The molecule has 2 aromatic carbocycles. The minimum atomic E-state index is -0.878. The molecule has 1 fully saturated rings. The Morgan fingerprint density at radius 3 is 2.37 bits per heavy atom. The highest BCUT2D eigenvalue weighted by Gasteiger charge is 2.31. The lowest BCUT2D eigenvalue weighted by atomic mass is 10.0. The van der Waals surface area contributed by atoms with Crippen molar-refractivity contribution < 1.29 is 14.5 Å². The molecule has 0 radical (unpaired) electrons. The zero-order valence-electron chi connectivity index (χ0n) is 15.1. The molecule has 2 aromatic rings. The van der Waals surface area contributed by atoms with E-state index >= 15 is 0 Å². The van der Waals surface area contributed by atoms with Crippen molar-refractivity contribution in [3.63, 3.8) is 0 Å². The second-order valence-corrected chi connectivity index (χ2v) is 6.58. The number of carbonyl (C=O) groups excluding carboxylic acids is 2. The normalized spacial score (nSPS) is 14.6. The van der Waals surface area contributed by atoms with Gasteiger partial charge in [-0.3, -0.25) is 19.7 Å². The second kappa shape index (κ2) is 7.99. The maximum absolute atomic E-state index is 13.0. The van der Waals surface area contributed by atoms with Crippen LogP contribution in [-0.4, -0.2) is 34.7 Å². The molecular weight excluding hydrogens is 346 g/mol. The highest BCUT2D eigenvalue weighted by Crippen LogP contribution is 2.25. The number of aryl methyl sites for hydroxylation is 1. The number of benzene rings is 2. The fraction of sp³-hybridized carbons (Fsp3) is 0.300. The van der Waals surface area contributed by atoms with E-state index in [-0.39, 0.29) is 17.2 Å². The van der Waals surface area contributed by atoms with E-state index in [4.69, 9.17) is 0 Å². The summed E-state index contributed by atoms with van der Waals surface area (Å²) in [5, 5.41) is 14.1. The van der Waals surface area contributed by atoms with Crippen molar-refractivity contribution in [2.24, 2.45) is 0 Å². The maximum Gasteiger partial charge on any atom is 0.285 e. The average Bonchev–Trinajstić information content (AvgIpc) is 3.20. The van der Waals surface area contributed by atoms with Crippen LogP contribution in [0.25, 0.3) is 0 Å². The van der Waals surface area contributed by atoms with Crippen molar-refractivity contribution in [2.75, 3.05) is 13.1 Å². The quantitative estimate of drug-likeness (QED) is 0.649. The van der Waals surface area contributed by atoms with Gasteiger partial charge in [-0.15, -0.1) is 0 Å². The summed E-state index contributed by atoms with van der Waals surface area (Å²) in [6.45, 7) is 2.89. The van der Waals surface area contributed by atoms with Gasteiger partial charge in [0.05, 0.1) is 4.92 Å². The molecule has 1 saturated heterocycles. The van der Waals surface area contributed by atoms with Crippen molar-refractivity contribution in [1.29, 1.82) is 0 Å². The standard InChI is InChI=1S/C20H21N3O4/c1-14-8-7-11-16(18(14)23(26)27)19(24)21-17(15-9-3-2-4-10-15)20(25)22-12-5-6-13-22/h2-4,7-11,17H,5-6,12-13H2,1H3,(H,21,24)/t17-/m1/s1. The van der Waals surface area contributed by atoms with Gasteiger partial charge in [-0.1, -0.05) is 42.5 Å². The predicted molar refractivity (Wildman–Crippen MR) is 100 cm³/mol. The number of nitrogens with one attached hydrogen (secondary N) is 1. The minimum absolute atomic E-state index is 0.0462. The van der Waals surface area contributed by atoms with Gasteiger partial charge in [0.15, 0.2) is 0 Å². The molecule has 0 saturated carbocycles. The van der Waals surface area contributed by atoms with Gasteiger partial charge in [0, 0.05) is 18.7 Å². The summed E-state index contributed by atoms with van der Waals surface area (Å²) >= 11 is 0. The third-order valence-corrected chi connectivity index (χ3v) is 4.74. The molecule has 0 spiro atoms. The Morgan fingerprint density at radius 2 is 1.74 bits per heavy atom. The number of carbonyl (C=O) groups is 2. The molecule has 3 rings (SSSR count). The molecular formula is C20H21N3O4. The number of likely N-dealkylation sites (tertiary alicyclic amines) is 1. The molecule has 140 valence electrons. The van der Waals surface area contributed by atoms with Crippen LogP contribution >= 0.6 is 0 Å². The first kappa shape index (κ1) is 18.6. The van der Waals surface area contributed by atoms with E-state index < -0.39 is 16.9 Å². The van der Waals surface area contributed by atoms with Gasteiger partial charge < -0.3 is 10.2 Å². The molecule has 7 nitrogen and oxygen atoms in total. The number of nitrogens with zero attached hydrogens (tertiary/aromatic N) is 2. The summed E-state index contributed by atoms with van der Waals surface area (Å²) in [5.41, 5.74) is 0.762. The first-order valence-corrected chi connectivity index (χ1v) is 8.87. The Bertz CT molecular complexity index is 861. The van der Waals surface area contributed by atoms with Crippen LogP contribution in [0.4, 0.5) is 5.69 Å². The van der Waals surface area contributed by atoms with Gasteiger partial charge in [-0.05, 0) is 31.4 Å². The number of para-hydroxylation sites is 1. The van der Waals surface area contributed by atoms with E-state index in [0.29, 0.717) is 24.2 Å². The van der Waals surface area contributed by atoms with E-state index in [0.717, 1.165) is 12.8 Å². The minimum Gasteiger partial charge on any atom is -0.341 e. The van der Waals surface area contributed by atoms with Gasteiger partial charge >= 0.3 is 0 Å². The van der Waals surface area contributed by atoms with Crippen molar-refractivity contribution in [3.05, 3.63) is 75.3 Å². The van der Waals surface area contributed by atoms with Crippen molar-refractivity contribution in [1.82, 2.24) is 10.2 Å². The lowest BCUT2D eigenvalue weighted by Gasteiger charge is -2.24. The number of hydrogen-bond donors (Lipinski definition) is 1. The lowest BCUT2D eigenvalue weighted by Crippen LogP contribution is -2.42. The summed E-state index contributed by atoms with van der Waals surface area (Å²) in [7, 11) is 0. The van der Waals surface area contributed by atoms with E-state index in [1.165, 1.54) is 6.07 Å². The topological polar surface area (TPSA) is 92.6 Å². The van der Waals surface area contributed by atoms with Gasteiger partial charge in [0.2, 0.25) is 5.91 Å². The van der Waals surface area contributed by atoms with Gasteiger partial charge in [-0.2, -0.15) is 0 Å². The summed E-state index contributed by atoms with van der Waals surface area (Å²) < 4.78 is 0. The molecule has 7 heteroatoms. The molecule has 1 aliphatic rings. The molecule has 1 N–H and O–H groups in total. The number of amides is 2. The first-order valence-electron chi connectivity index (χ1n) is 8.87. The Labute approximate surface area is 157 Å². The molecule has 0 unspecified atom stereocenters. The summed E-state index contributed by atoms with van der Waals surface area (Å²) in [6, 6.07) is 12.7. The number of hydrogen-bond acceptors (Lipinski definition) is 4. The summed E-state index contributed by atoms with van der Waals surface area (Å²) in [5.74, 6) is -0.825. The predicted octanol–water partition coefficient (Wildman–Crippen LogP) is 3.00. The molecule has 2 amide bonds. The molecule has 1 aliphatic heterocycles. The highest BCUT2D eigenvalue weighted by atomic mass is 16.6. The van der Waals surface area contributed by atoms with Crippen LogP contribution in [0.5, 0.6) is 0 Å². The van der Waals surface area contributed by atoms with Crippen LogP contribution in [0.2, 0.25) is 0 Å². The zero-order valence-corrected chi connectivity index (χ0v) is 15.1.